The molecule has 6 heteroatoms. The predicted molar refractivity (Wildman–Crippen MR) is 84.0 cm³/mol. The predicted octanol–water partition coefficient (Wildman–Crippen LogP) is 1.74. The molecule has 2 saturated carbocycles. The highest BCUT2D eigenvalue weighted by atomic mass is 32.2. The third-order valence-electron chi connectivity index (χ3n) is 4.28. The van der Waals surface area contributed by atoms with Crippen LogP contribution in [0.1, 0.15) is 36.8 Å². The molecule has 120 valence electrons. The Bertz CT molecular complexity index is 691. The van der Waals surface area contributed by atoms with E-state index >= 15 is 0 Å². The van der Waals surface area contributed by atoms with E-state index < -0.39 is 10.0 Å². The van der Waals surface area contributed by atoms with E-state index in [9.17, 15) is 13.2 Å². The van der Waals surface area contributed by atoms with Crippen molar-refractivity contribution < 1.29 is 13.2 Å². The summed E-state index contributed by atoms with van der Waals surface area (Å²) < 4.78 is 27.1. The van der Waals surface area contributed by atoms with Crippen molar-refractivity contribution in [1.82, 2.24) is 9.62 Å². The minimum atomic E-state index is -3.62. The number of aryl methyl sites for hydroxylation is 2. The Kier molecular flexibility index (Phi) is 3.99. The van der Waals surface area contributed by atoms with E-state index in [4.69, 9.17) is 0 Å². The first-order valence-electron chi connectivity index (χ1n) is 7.76. The summed E-state index contributed by atoms with van der Waals surface area (Å²) in [5, 5.41) is 2.87. The van der Waals surface area contributed by atoms with E-state index in [2.05, 4.69) is 5.32 Å². The van der Waals surface area contributed by atoms with Crippen LogP contribution < -0.4 is 5.32 Å². The van der Waals surface area contributed by atoms with Crippen molar-refractivity contribution in [2.75, 3.05) is 6.54 Å². The third kappa shape index (κ3) is 3.33. The van der Waals surface area contributed by atoms with Crippen LogP contribution >= 0.6 is 0 Å². The molecule has 1 aromatic rings. The zero-order valence-electron chi connectivity index (χ0n) is 13.0. The molecule has 2 fully saturated rings. The Morgan fingerprint density at radius 1 is 1.18 bits per heavy atom. The van der Waals surface area contributed by atoms with Crippen LogP contribution in [0.2, 0.25) is 0 Å². The first-order valence-corrected chi connectivity index (χ1v) is 9.20. The molecule has 1 aromatic carbocycles. The van der Waals surface area contributed by atoms with Gasteiger partial charge >= 0.3 is 0 Å². The maximum atomic E-state index is 12.9. The second kappa shape index (κ2) is 5.66. The summed E-state index contributed by atoms with van der Waals surface area (Å²) in [7, 11) is -3.62. The fourth-order valence-electron chi connectivity index (χ4n) is 2.43. The summed E-state index contributed by atoms with van der Waals surface area (Å²) in [6.45, 7) is 3.78. The number of nitrogens with one attached hydrogen (secondary N) is 1. The number of hydrogen-bond acceptors (Lipinski definition) is 3. The molecule has 0 saturated heterocycles. The maximum Gasteiger partial charge on any atom is 0.243 e. The SMILES string of the molecule is Cc1ccc(S(=O)(=O)N(CC(=O)NC2CC2)C2CC2)cc1C. The number of nitrogens with zero attached hydrogens (tertiary/aromatic N) is 1. The summed E-state index contributed by atoms with van der Waals surface area (Å²) in [6.07, 6.45) is 3.67. The van der Waals surface area contributed by atoms with Crippen molar-refractivity contribution in [3.05, 3.63) is 29.3 Å². The average molecular weight is 322 g/mol. The molecule has 0 atom stereocenters. The van der Waals surface area contributed by atoms with Gasteiger partial charge in [0.25, 0.3) is 0 Å². The van der Waals surface area contributed by atoms with E-state index in [1.807, 2.05) is 19.9 Å². The largest absolute Gasteiger partial charge is 0.352 e. The summed E-state index contributed by atoms with van der Waals surface area (Å²) in [4.78, 5) is 12.3. The number of hydrogen-bond donors (Lipinski definition) is 1. The summed E-state index contributed by atoms with van der Waals surface area (Å²) in [5.74, 6) is -0.193. The second-order valence-corrected chi connectivity index (χ2v) is 8.26. The molecule has 3 rings (SSSR count). The fraction of sp³-hybridized carbons (Fsp3) is 0.562. The van der Waals surface area contributed by atoms with Crippen LogP contribution in [0, 0.1) is 13.8 Å². The van der Waals surface area contributed by atoms with Crippen LogP contribution in [-0.2, 0) is 14.8 Å². The number of benzene rings is 1. The highest BCUT2D eigenvalue weighted by Crippen LogP contribution is 2.32. The number of carbonyl (C=O) groups excluding carboxylic acids is 1. The summed E-state index contributed by atoms with van der Waals surface area (Å²) in [6, 6.07) is 5.36. The van der Waals surface area contributed by atoms with Gasteiger partial charge in [-0.05, 0) is 62.8 Å². The molecule has 1 amide bonds. The number of carbonyl (C=O) groups is 1. The lowest BCUT2D eigenvalue weighted by molar-refractivity contribution is -0.121. The van der Waals surface area contributed by atoms with Gasteiger partial charge in [-0.3, -0.25) is 4.79 Å². The van der Waals surface area contributed by atoms with Gasteiger partial charge in [-0.25, -0.2) is 8.42 Å². The molecule has 2 aliphatic carbocycles. The molecule has 22 heavy (non-hydrogen) atoms. The standard InChI is InChI=1S/C16H22N2O3S/c1-11-3-8-15(9-12(11)2)22(20,21)18(14-6-7-14)10-16(19)17-13-4-5-13/h3,8-9,13-14H,4-7,10H2,1-2H3,(H,17,19). The topological polar surface area (TPSA) is 66.5 Å². The average Bonchev–Trinajstić information content (AvgIpc) is 3.32. The van der Waals surface area contributed by atoms with Crippen LogP contribution in [0.3, 0.4) is 0 Å². The molecule has 0 aromatic heterocycles. The number of rotatable bonds is 6. The maximum absolute atomic E-state index is 12.9. The minimum absolute atomic E-state index is 0.0310. The normalized spacial score (nSPS) is 18.5. The second-order valence-electron chi connectivity index (χ2n) is 6.37. The molecule has 0 radical (unpaired) electrons. The lowest BCUT2D eigenvalue weighted by atomic mass is 10.1. The minimum Gasteiger partial charge on any atom is -0.352 e. The van der Waals surface area contributed by atoms with Gasteiger partial charge in [-0.15, -0.1) is 0 Å². The van der Waals surface area contributed by atoms with Crippen molar-refractivity contribution in [2.45, 2.75) is 56.5 Å². The fourth-order valence-corrected chi connectivity index (χ4v) is 4.15. The zero-order valence-corrected chi connectivity index (χ0v) is 13.8. The van der Waals surface area contributed by atoms with Crippen molar-refractivity contribution in [1.29, 1.82) is 0 Å². The van der Waals surface area contributed by atoms with Crippen molar-refractivity contribution >= 4 is 15.9 Å². The van der Waals surface area contributed by atoms with Gasteiger partial charge in [0.05, 0.1) is 11.4 Å². The van der Waals surface area contributed by atoms with E-state index in [1.165, 1.54) is 4.31 Å². The summed E-state index contributed by atoms with van der Waals surface area (Å²) in [5.41, 5.74) is 2.00. The van der Waals surface area contributed by atoms with Gasteiger partial charge < -0.3 is 5.32 Å². The number of sulfonamides is 1. The van der Waals surface area contributed by atoms with Crippen LogP contribution in [-0.4, -0.2) is 37.3 Å². The lowest BCUT2D eigenvalue weighted by Crippen LogP contribution is -2.42. The summed E-state index contributed by atoms with van der Waals surface area (Å²) >= 11 is 0. The van der Waals surface area contributed by atoms with E-state index in [-0.39, 0.29) is 29.4 Å². The molecular weight excluding hydrogens is 300 g/mol. The van der Waals surface area contributed by atoms with Gasteiger partial charge in [-0.2, -0.15) is 4.31 Å². The molecule has 2 aliphatic rings. The molecule has 5 nitrogen and oxygen atoms in total. The van der Waals surface area contributed by atoms with Gasteiger partial charge in [0.15, 0.2) is 0 Å². The Morgan fingerprint density at radius 2 is 1.86 bits per heavy atom. The molecule has 1 N–H and O–H groups in total. The van der Waals surface area contributed by atoms with Crippen molar-refractivity contribution in [3.63, 3.8) is 0 Å². The Hall–Kier alpha value is -1.40. The van der Waals surface area contributed by atoms with Crippen molar-refractivity contribution in [2.24, 2.45) is 0 Å². The highest BCUT2D eigenvalue weighted by Gasteiger charge is 2.39. The first kappa shape index (κ1) is 15.5. The van der Waals surface area contributed by atoms with Crippen LogP contribution in [0.15, 0.2) is 23.1 Å². The molecule has 0 aliphatic heterocycles. The zero-order chi connectivity index (χ0) is 15.9. The third-order valence-corrected chi connectivity index (χ3v) is 6.18. The molecule has 0 bridgehead atoms. The van der Waals surface area contributed by atoms with Gasteiger partial charge in [-0.1, -0.05) is 6.07 Å². The highest BCUT2D eigenvalue weighted by molar-refractivity contribution is 7.89. The van der Waals surface area contributed by atoms with Crippen LogP contribution in [0.4, 0.5) is 0 Å². The van der Waals surface area contributed by atoms with Crippen LogP contribution in [0.5, 0.6) is 0 Å². The monoisotopic (exact) mass is 322 g/mol. The van der Waals surface area contributed by atoms with Crippen molar-refractivity contribution in [3.8, 4) is 0 Å². The molecule has 0 unspecified atom stereocenters. The lowest BCUT2D eigenvalue weighted by Gasteiger charge is -2.22. The molecule has 0 heterocycles. The van der Waals surface area contributed by atoms with E-state index in [0.29, 0.717) is 0 Å². The Morgan fingerprint density at radius 3 is 2.41 bits per heavy atom. The van der Waals surface area contributed by atoms with Gasteiger partial charge in [0.1, 0.15) is 0 Å². The molecular formula is C16H22N2O3S. The first-order chi connectivity index (χ1) is 10.4. The van der Waals surface area contributed by atoms with Gasteiger partial charge in [0.2, 0.25) is 15.9 Å². The molecule has 0 spiro atoms. The number of amides is 1. The Balaban J connectivity index is 1.82. The van der Waals surface area contributed by atoms with E-state index in [1.54, 1.807) is 12.1 Å². The van der Waals surface area contributed by atoms with E-state index in [0.717, 1.165) is 36.8 Å². The smallest absolute Gasteiger partial charge is 0.243 e. The van der Waals surface area contributed by atoms with Gasteiger partial charge in [0, 0.05) is 12.1 Å². The quantitative estimate of drug-likeness (QED) is 0.867. The van der Waals surface area contributed by atoms with Crippen LogP contribution in [0.25, 0.3) is 0 Å². The Labute approximate surface area is 131 Å².